The van der Waals surface area contributed by atoms with Crippen LogP contribution in [0.5, 0.6) is 0 Å². The molecular weight excluding hydrogens is 428 g/mol. The second-order valence-corrected chi connectivity index (χ2v) is 9.74. The van der Waals surface area contributed by atoms with Crippen molar-refractivity contribution in [2.75, 3.05) is 0 Å². The van der Waals surface area contributed by atoms with Crippen LogP contribution in [0.3, 0.4) is 0 Å². The molecule has 0 saturated heterocycles. The molecule has 5 rings (SSSR count). The number of aromatic nitrogens is 4. The van der Waals surface area contributed by atoms with Crippen molar-refractivity contribution in [1.82, 2.24) is 25.1 Å². The zero-order valence-corrected chi connectivity index (χ0v) is 19.6. The summed E-state index contributed by atoms with van der Waals surface area (Å²) in [6.07, 6.45) is 8.89. The van der Waals surface area contributed by atoms with E-state index in [4.69, 9.17) is 10.7 Å². The first kappa shape index (κ1) is 22.3. The third kappa shape index (κ3) is 4.32. The van der Waals surface area contributed by atoms with Crippen molar-refractivity contribution >= 4 is 11.8 Å². The Bertz CT molecular complexity index is 1240. The van der Waals surface area contributed by atoms with Crippen LogP contribution in [0.25, 0.3) is 17.2 Å². The summed E-state index contributed by atoms with van der Waals surface area (Å²) < 4.78 is 1.70. The molecule has 8 nitrogen and oxygen atoms in total. The third-order valence-electron chi connectivity index (χ3n) is 6.58. The Labute approximate surface area is 199 Å². The average molecular weight is 459 g/mol. The van der Waals surface area contributed by atoms with Crippen molar-refractivity contribution in [2.24, 2.45) is 11.7 Å². The van der Waals surface area contributed by atoms with Crippen LogP contribution >= 0.6 is 0 Å². The summed E-state index contributed by atoms with van der Waals surface area (Å²) in [6.45, 7) is 3.98. The molecule has 3 aromatic rings. The van der Waals surface area contributed by atoms with Crippen molar-refractivity contribution in [3.8, 4) is 17.2 Å². The lowest BCUT2D eigenvalue weighted by atomic mass is 10.0. The first-order valence-corrected chi connectivity index (χ1v) is 12.0. The number of aryl methyl sites for hydroxylation is 2. The second kappa shape index (κ2) is 9.00. The number of carbonyl (C=O) groups is 2. The average Bonchev–Trinajstić information content (AvgIpc) is 3.59. The summed E-state index contributed by atoms with van der Waals surface area (Å²) in [5, 5.41) is 7.34. The Kier molecular flexibility index (Phi) is 5.89. The summed E-state index contributed by atoms with van der Waals surface area (Å²) in [5.41, 5.74) is 11.3. The van der Waals surface area contributed by atoms with E-state index < -0.39 is 11.9 Å². The van der Waals surface area contributed by atoms with Crippen LogP contribution < -0.4 is 11.1 Å². The highest BCUT2D eigenvalue weighted by molar-refractivity contribution is 5.98. The molecular formula is C26H30N6O2. The molecule has 3 N–H and O–H groups in total. The van der Waals surface area contributed by atoms with Gasteiger partial charge in [0.15, 0.2) is 0 Å². The van der Waals surface area contributed by atoms with Crippen molar-refractivity contribution < 1.29 is 9.59 Å². The number of nitrogens with one attached hydrogen (secondary N) is 1. The molecule has 0 aliphatic heterocycles. The van der Waals surface area contributed by atoms with E-state index in [9.17, 15) is 9.59 Å². The Balaban J connectivity index is 1.52. The maximum Gasteiger partial charge on any atom is 0.255 e. The number of hydrogen-bond acceptors (Lipinski definition) is 5. The van der Waals surface area contributed by atoms with E-state index >= 15 is 0 Å². The lowest BCUT2D eigenvalue weighted by molar-refractivity contribution is -0.120. The molecule has 8 heteroatoms. The van der Waals surface area contributed by atoms with Crippen molar-refractivity contribution in [3.05, 3.63) is 59.0 Å². The Morgan fingerprint density at radius 1 is 1.15 bits per heavy atom. The van der Waals surface area contributed by atoms with E-state index in [2.05, 4.69) is 33.6 Å². The zero-order chi connectivity index (χ0) is 23.8. The maximum atomic E-state index is 13.2. The van der Waals surface area contributed by atoms with Gasteiger partial charge < -0.3 is 11.1 Å². The molecule has 2 heterocycles. The van der Waals surface area contributed by atoms with E-state index in [1.54, 1.807) is 10.9 Å². The SMILES string of the molecule is CC(C)C[C@H](NC(=O)c1cnn(-c2ncc3c(n2)-c2ccccc2CCC3)c1C1CC1)C(N)=O. The number of rotatable bonds is 7. The molecule has 1 saturated carbocycles. The molecule has 0 bridgehead atoms. The van der Waals surface area contributed by atoms with Gasteiger partial charge in [-0.1, -0.05) is 38.1 Å². The maximum absolute atomic E-state index is 13.2. The van der Waals surface area contributed by atoms with Gasteiger partial charge >= 0.3 is 0 Å². The van der Waals surface area contributed by atoms with Crippen LogP contribution in [-0.4, -0.2) is 37.6 Å². The molecule has 1 fully saturated rings. The highest BCUT2D eigenvalue weighted by atomic mass is 16.2. The minimum Gasteiger partial charge on any atom is -0.368 e. The first-order valence-electron chi connectivity index (χ1n) is 12.0. The summed E-state index contributed by atoms with van der Waals surface area (Å²) in [5.74, 6) is 0.0345. The smallest absolute Gasteiger partial charge is 0.255 e. The normalized spacial score (nSPS) is 15.9. The van der Waals surface area contributed by atoms with Gasteiger partial charge in [0.2, 0.25) is 5.91 Å². The standard InChI is InChI=1S/C26H30N6O2/c1-15(2)12-21(24(27)33)30-25(34)20-14-29-32(23(20)17-10-11-17)26-28-13-18-8-5-7-16-6-3-4-9-19(16)22(18)31-26/h3-4,6,9,13-15,17,21H,5,7-8,10-12H2,1-2H3,(H2,27,33)(H,30,34)/t21-/m0/s1. The largest absolute Gasteiger partial charge is 0.368 e. The summed E-state index contributed by atoms with van der Waals surface area (Å²) >= 11 is 0. The topological polar surface area (TPSA) is 116 Å². The number of fused-ring (bicyclic) bond motifs is 3. The summed E-state index contributed by atoms with van der Waals surface area (Å²) in [6, 6.07) is 7.65. The van der Waals surface area contributed by atoms with Gasteiger partial charge in [-0.3, -0.25) is 9.59 Å². The van der Waals surface area contributed by atoms with E-state index in [-0.39, 0.29) is 17.7 Å². The first-order chi connectivity index (χ1) is 16.4. The zero-order valence-electron chi connectivity index (χ0n) is 19.6. The van der Waals surface area contributed by atoms with Gasteiger partial charge in [0.05, 0.1) is 23.1 Å². The van der Waals surface area contributed by atoms with Gasteiger partial charge in [-0.15, -0.1) is 0 Å². The Morgan fingerprint density at radius 2 is 1.91 bits per heavy atom. The lowest BCUT2D eigenvalue weighted by Gasteiger charge is -2.17. The molecule has 34 heavy (non-hydrogen) atoms. The molecule has 1 aromatic carbocycles. The molecule has 0 radical (unpaired) electrons. The van der Waals surface area contributed by atoms with Crippen molar-refractivity contribution in [2.45, 2.75) is 64.3 Å². The van der Waals surface area contributed by atoms with Gasteiger partial charge in [-0.2, -0.15) is 5.10 Å². The molecule has 2 aliphatic carbocycles. The fourth-order valence-electron chi connectivity index (χ4n) is 4.75. The van der Waals surface area contributed by atoms with Crippen molar-refractivity contribution in [1.29, 1.82) is 0 Å². The number of nitrogens with zero attached hydrogens (tertiary/aromatic N) is 4. The Morgan fingerprint density at radius 3 is 2.65 bits per heavy atom. The van der Waals surface area contributed by atoms with Gasteiger partial charge in [-0.25, -0.2) is 14.6 Å². The fraction of sp³-hybridized carbons (Fsp3) is 0.423. The van der Waals surface area contributed by atoms with Crippen LogP contribution in [-0.2, 0) is 17.6 Å². The number of hydrogen-bond donors (Lipinski definition) is 2. The van der Waals surface area contributed by atoms with Gasteiger partial charge in [0.1, 0.15) is 6.04 Å². The molecule has 0 spiro atoms. The highest BCUT2D eigenvalue weighted by Gasteiger charge is 2.34. The van der Waals surface area contributed by atoms with E-state index in [1.165, 1.54) is 5.56 Å². The number of amides is 2. The van der Waals surface area contributed by atoms with E-state index in [0.717, 1.165) is 54.6 Å². The highest BCUT2D eigenvalue weighted by Crippen LogP contribution is 2.42. The quantitative estimate of drug-likeness (QED) is 0.563. The summed E-state index contributed by atoms with van der Waals surface area (Å²) in [7, 11) is 0. The predicted molar refractivity (Wildman–Crippen MR) is 128 cm³/mol. The summed E-state index contributed by atoms with van der Waals surface area (Å²) in [4.78, 5) is 34.6. The molecule has 1 atom stereocenters. The van der Waals surface area contributed by atoms with Crippen LogP contribution in [0.2, 0.25) is 0 Å². The van der Waals surface area contributed by atoms with E-state index in [1.807, 2.05) is 26.1 Å². The van der Waals surface area contributed by atoms with Crippen LogP contribution in [0.1, 0.15) is 72.6 Å². The van der Waals surface area contributed by atoms with Crippen LogP contribution in [0, 0.1) is 5.92 Å². The van der Waals surface area contributed by atoms with Gasteiger partial charge in [0.25, 0.3) is 11.9 Å². The molecule has 0 unspecified atom stereocenters. The second-order valence-electron chi connectivity index (χ2n) is 9.74. The molecule has 2 amide bonds. The minimum absolute atomic E-state index is 0.218. The number of nitrogens with two attached hydrogens (primary N) is 1. The monoisotopic (exact) mass is 458 g/mol. The van der Waals surface area contributed by atoms with Gasteiger partial charge in [-0.05, 0) is 55.6 Å². The van der Waals surface area contributed by atoms with Crippen LogP contribution in [0.4, 0.5) is 0 Å². The number of benzene rings is 1. The van der Waals surface area contributed by atoms with Crippen molar-refractivity contribution in [3.63, 3.8) is 0 Å². The predicted octanol–water partition coefficient (Wildman–Crippen LogP) is 3.33. The molecule has 2 aromatic heterocycles. The molecule has 176 valence electrons. The van der Waals surface area contributed by atoms with Gasteiger partial charge in [0, 0.05) is 17.7 Å². The number of primary amides is 1. The minimum atomic E-state index is -0.719. The third-order valence-corrected chi connectivity index (χ3v) is 6.58. The number of carbonyl (C=O) groups excluding carboxylic acids is 2. The van der Waals surface area contributed by atoms with E-state index in [0.29, 0.717) is 17.9 Å². The fourth-order valence-corrected chi connectivity index (χ4v) is 4.75. The lowest BCUT2D eigenvalue weighted by Crippen LogP contribution is -2.45. The Hall–Kier alpha value is -3.55. The molecule has 2 aliphatic rings. The van der Waals surface area contributed by atoms with Crippen LogP contribution in [0.15, 0.2) is 36.7 Å².